The zero-order valence-electron chi connectivity index (χ0n) is 15.6. The van der Waals surface area contributed by atoms with Gasteiger partial charge in [-0.2, -0.15) is 0 Å². The molecule has 0 saturated carbocycles. The third-order valence-electron chi connectivity index (χ3n) is 4.12. The van der Waals surface area contributed by atoms with E-state index in [2.05, 4.69) is 20.3 Å². The Labute approximate surface area is 170 Å². The average molecular weight is 419 g/mol. The van der Waals surface area contributed by atoms with Crippen LogP contribution in [0.5, 0.6) is 0 Å². The van der Waals surface area contributed by atoms with E-state index in [1.165, 1.54) is 30.3 Å². The van der Waals surface area contributed by atoms with E-state index in [1.807, 2.05) is 0 Å². The number of nitrogens with one attached hydrogen (secondary N) is 2. The normalized spacial score (nSPS) is 11.0. The van der Waals surface area contributed by atoms with Gasteiger partial charge in [0, 0.05) is 24.1 Å². The molecule has 2 N–H and O–H groups in total. The zero-order chi connectivity index (χ0) is 21.1. The van der Waals surface area contributed by atoms with Crippen LogP contribution in [0.3, 0.4) is 0 Å². The van der Waals surface area contributed by atoms with Gasteiger partial charge >= 0.3 is 0 Å². The van der Waals surface area contributed by atoms with Crippen LogP contribution in [0.15, 0.2) is 41.3 Å². The molecule has 1 aromatic carbocycles. The monoisotopic (exact) mass is 418 g/mol. The number of H-pyrrole nitrogens is 1. The maximum absolute atomic E-state index is 15.1. The molecule has 0 radical (unpaired) electrons. The number of aromatic amines is 1. The number of hydrogen-bond donors (Lipinski definition) is 2. The van der Waals surface area contributed by atoms with Gasteiger partial charge in [-0.15, -0.1) is 0 Å². The summed E-state index contributed by atoms with van der Waals surface area (Å²) < 4.78 is 28.2. The van der Waals surface area contributed by atoms with Crippen molar-refractivity contribution in [1.29, 1.82) is 0 Å². The molecule has 1 amide bonds. The molecule has 0 spiro atoms. The van der Waals surface area contributed by atoms with Crippen molar-refractivity contribution in [1.82, 2.24) is 20.3 Å². The van der Waals surface area contributed by atoms with Gasteiger partial charge in [-0.05, 0) is 18.2 Å². The van der Waals surface area contributed by atoms with E-state index in [0.29, 0.717) is 0 Å². The van der Waals surface area contributed by atoms with E-state index in [4.69, 9.17) is 11.6 Å². The van der Waals surface area contributed by atoms with Crippen LogP contribution in [0.1, 0.15) is 19.4 Å². The Kier molecular flexibility index (Phi) is 6.03. The highest BCUT2D eigenvalue weighted by Crippen LogP contribution is 2.30. The molecule has 29 heavy (non-hydrogen) atoms. The smallest absolute Gasteiger partial charge is 0.251 e. The summed E-state index contributed by atoms with van der Waals surface area (Å²) >= 11 is 6.17. The molecule has 0 fully saturated rings. The predicted octanol–water partition coefficient (Wildman–Crippen LogP) is 3.70. The predicted molar refractivity (Wildman–Crippen MR) is 105 cm³/mol. The maximum Gasteiger partial charge on any atom is 0.251 e. The zero-order valence-corrected chi connectivity index (χ0v) is 16.3. The minimum absolute atomic E-state index is 0.0359. The number of pyridine rings is 1. The molecule has 0 saturated heterocycles. The average Bonchev–Trinajstić information content (AvgIpc) is 2.67. The van der Waals surface area contributed by atoms with Crippen molar-refractivity contribution in [3.8, 4) is 22.8 Å². The molecule has 9 heteroatoms. The Morgan fingerprint density at radius 1 is 1.21 bits per heavy atom. The third-order valence-corrected chi connectivity index (χ3v) is 4.43. The fourth-order valence-corrected chi connectivity index (χ4v) is 2.81. The van der Waals surface area contributed by atoms with Crippen LogP contribution in [0, 0.1) is 17.6 Å². The van der Waals surface area contributed by atoms with Gasteiger partial charge in [-0.1, -0.05) is 31.5 Å². The van der Waals surface area contributed by atoms with Crippen molar-refractivity contribution in [3.05, 3.63) is 69.1 Å². The highest BCUT2D eigenvalue weighted by molar-refractivity contribution is 6.33. The number of nitrogens with zero attached hydrogens (tertiary/aromatic N) is 2. The van der Waals surface area contributed by atoms with E-state index in [-0.39, 0.29) is 51.7 Å². The lowest BCUT2D eigenvalue weighted by Gasteiger charge is -2.12. The van der Waals surface area contributed by atoms with Crippen LogP contribution in [0.25, 0.3) is 22.8 Å². The van der Waals surface area contributed by atoms with Crippen molar-refractivity contribution >= 4 is 17.5 Å². The van der Waals surface area contributed by atoms with Crippen molar-refractivity contribution in [2.24, 2.45) is 5.92 Å². The van der Waals surface area contributed by atoms with Crippen LogP contribution >= 0.6 is 11.6 Å². The first-order chi connectivity index (χ1) is 13.8. The summed E-state index contributed by atoms with van der Waals surface area (Å²) in [6.07, 6.45) is 0.990. The van der Waals surface area contributed by atoms with Crippen LogP contribution in [-0.4, -0.2) is 20.9 Å². The number of benzene rings is 1. The molecule has 0 aliphatic rings. The quantitative estimate of drug-likeness (QED) is 0.661. The molecule has 0 unspecified atom stereocenters. The van der Waals surface area contributed by atoms with Crippen LogP contribution in [-0.2, 0) is 11.3 Å². The highest BCUT2D eigenvalue weighted by atomic mass is 35.5. The lowest BCUT2D eigenvalue weighted by atomic mass is 10.1. The topological polar surface area (TPSA) is 87.7 Å². The molecule has 0 bridgehead atoms. The Morgan fingerprint density at radius 2 is 1.97 bits per heavy atom. The molecule has 2 heterocycles. The molecule has 0 atom stereocenters. The number of hydrogen-bond acceptors (Lipinski definition) is 4. The lowest BCUT2D eigenvalue weighted by molar-refractivity contribution is -0.124. The van der Waals surface area contributed by atoms with Gasteiger partial charge in [0.2, 0.25) is 5.91 Å². The fourth-order valence-electron chi connectivity index (χ4n) is 2.57. The standard InChI is InChI=1S/C20H17ClF2N4O2/c1-10(2)20(29)25-8-11-3-5-13(21)17(18(11)23)19-26-15(7-16(28)27-19)14-6-4-12(22)9-24-14/h3-7,9-10H,8H2,1-2H3,(H,25,29)(H,26,27,28). The van der Waals surface area contributed by atoms with Crippen molar-refractivity contribution in [2.45, 2.75) is 20.4 Å². The van der Waals surface area contributed by atoms with E-state index in [9.17, 15) is 14.0 Å². The van der Waals surface area contributed by atoms with Gasteiger partial charge in [0.1, 0.15) is 17.5 Å². The van der Waals surface area contributed by atoms with E-state index < -0.39 is 17.2 Å². The minimum Gasteiger partial charge on any atom is -0.352 e. The summed E-state index contributed by atoms with van der Waals surface area (Å²) in [5, 5.41) is 2.67. The lowest BCUT2D eigenvalue weighted by Crippen LogP contribution is -2.27. The van der Waals surface area contributed by atoms with Crippen molar-refractivity contribution in [2.75, 3.05) is 0 Å². The first kappa shape index (κ1) is 20.6. The van der Waals surface area contributed by atoms with Crippen molar-refractivity contribution < 1.29 is 13.6 Å². The summed E-state index contributed by atoms with van der Waals surface area (Å²) in [4.78, 5) is 34.5. The summed E-state index contributed by atoms with van der Waals surface area (Å²) in [7, 11) is 0. The highest BCUT2D eigenvalue weighted by Gasteiger charge is 2.18. The SMILES string of the molecule is CC(C)C(=O)NCc1ccc(Cl)c(-c2nc(-c3ccc(F)cn3)cc(=O)[nH]2)c1F. The molecule has 6 nitrogen and oxygen atoms in total. The van der Waals surface area contributed by atoms with Gasteiger partial charge in [-0.3, -0.25) is 14.6 Å². The Bertz CT molecular complexity index is 1110. The second kappa shape index (κ2) is 8.48. The number of aromatic nitrogens is 3. The van der Waals surface area contributed by atoms with Crippen LogP contribution in [0.4, 0.5) is 8.78 Å². The largest absolute Gasteiger partial charge is 0.352 e. The third kappa shape index (κ3) is 4.65. The Hall–Kier alpha value is -3.13. The Balaban J connectivity index is 2.04. The number of carbonyl (C=O) groups excluding carboxylic acids is 1. The summed E-state index contributed by atoms with van der Waals surface area (Å²) in [5.41, 5.74) is -0.0890. The first-order valence-corrected chi connectivity index (χ1v) is 9.12. The van der Waals surface area contributed by atoms with Gasteiger partial charge in [0.15, 0.2) is 0 Å². The van der Waals surface area contributed by atoms with E-state index in [1.54, 1.807) is 13.8 Å². The van der Waals surface area contributed by atoms with Crippen LogP contribution < -0.4 is 10.9 Å². The molecule has 2 aromatic heterocycles. The van der Waals surface area contributed by atoms with E-state index in [0.717, 1.165) is 6.20 Å². The number of halogens is 3. The van der Waals surface area contributed by atoms with Crippen molar-refractivity contribution in [3.63, 3.8) is 0 Å². The summed E-state index contributed by atoms with van der Waals surface area (Å²) in [6.45, 7) is 3.40. The Morgan fingerprint density at radius 3 is 2.62 bits per heavy atom. The van der Waals surface area contributed by atoms with Gasteiger partial charge in [0.05, 0.1) is 28.2 Å². The van der Waals surface area contributed by atoms with Gasteiger partial charge in [0.25, 0.3) is 5.56 Å². The molecule has 3 rings (SSSR count). The summed E-state index contributed by atoms with van der Waals surface area (Å²) in [6, 6.07) is 6.61. The van der Waals surface area contributed by atoms with Crippen LogP contribution in [0.2, 0.25) is 5.02 Å². The molecule has 150 valence electrons. The minimum atomic E-state index is -0.714. The molecule has 0 aliphatic heterocycles. The number of carbonyl (C=O) groups is 1. The first-order valence-electron chi connectivity index (χ1n) is 8.74. The molecular formula is C20H17ClF2N4O2. The molecule has 3 aromatic rings. The molecule has 0 aliphatic carbocycles. The van der Waals surface area contributed by atoms with E-state index >= 15 is 4.39 Å². The second-order valence-electron chi connectivity index (χ2n) is 6.61. The maximum atomic E-state index is 15.1. The molecular weight excluding hydrogens is 402 g/mol. The number of rotatable bonds is 5. The second-order valence-corrected chi connectivity index (χ2v) is 7.02. The van der Waals surface area contributed by atoms with Gasteiger partial charge < -0.3 is 10.3 Å². The number of amides is 1. The fraction of sp³-hybridized carbons (Fsp3) is 0.200. The van der Waals surface area contributed by atoms with Gasteiger partial charge in [-0.25, -0.2) is 13.8 Å². The summed E-state index contributed by atoms with van der Waals surface area (Å²) in [5.74, 6) is -1.82.